The number of aryl methyl sites for hydroxylation is 2. The van der Waals surface area contributed by atoms with E-state index < -0.39 is 11.8 Å². The van der Waals surface area contributed by atoms with E-state index in [-0.39, 0.29) is 24.1 Å². The summed E-state index contributed by atoms with van der Waals surface area (Å²) in [6, 6.07) is 10.4. The van der Waals surface area contributed by atoms with Gasteiger partial charge in [-0.15, -0.1) is 0 Å². The van der Waals surface area contributed by atoms with Gasteiger partial charge in [0.05, 0.1) is 5.92 Å². The van der Waals surface area contributed by atoms with E-state index in [0.717, 1.165) is 36.0 Å². The van der Waals surface area contributed by atoms with Crippen LogP contribution in [0.1, 0.15) is 49.8 Å². The predicted molar refractivity (Wildman–Crippen MR) is 104 cm³/mol. The molecule has 1 heterocycles. The molecule has 3 rings (SSSR count). The molecule has 0 bridgehead atoms. The summed E-state index contributed by atoms with van der Waals surface area (Å²) in [7, 11) is 0. The van der Waals surface area contributed by atoms with Gasteiger partial charge in [0.15, 0.2) is 11.6 Å². The Hall–Kier alpha value is -2.69. The standard InChI is InChI=1S/C23H25FO4/c1-3-5-15-7-10-20(19(24)12-15)27-22(25)11-8-16-6-9-18-14-17(4-2)23(26)28-21(18)13-16/h6-7,9-10,12-13,17H,3-5,8,11,14H2,1-2H3. The molecule has 1 unspecified atom stereocenters. The van der Waals surface area contributed by atoms with Gasteiger partial charge in [0, 0.05) is 6.42 Å². The predicted octanol–water partition coefficient (Wildman–Crippen LogP) is 4.80. The zero-order chi connectivity index (χ0) is 20.1. The Morgan fingerprint density at radius 2 is 1.89 bits per heavy atom. The molecule has 0 aromatic heterocycles. The van der Waals surface area contributed by atoms with Crippen LogP contribution in [-0.4, -0.2) is 11.9 Å². The molecule has 0 spiro atoms. The maximum atomic E-state index is 14.1. The molecule has 0 aliphatic carbocycles. The van der Waals surface area contributed by atoms with Crippen molar-refractivity contribution >= 4 is 11.9 Å². The van der Waals surface area contributed by atoms with E-state index >= 15 is 0 Å². The number of ether oxygens (including phenoxy) is 2. The Kier molecular flexibility index (Phi) is 6.45. The van der Waals surface area contributed by atoms with Crippen molar-refractivity contribution in [2.24, 2.45) is 5.92 Å². The van der Waals surface area contributed by atoms with Crippen molar-refractivity contribution in [1.82, 2.24) is 0 Å². The van der Waals surface area contributed by atoms with Gasteiger partial charge in [-0.1, -0.05) is 38.5 Å². The minimum absolute atomic E-state index is 0.0465. The summed E-state index contributed by atoms with van der Waals surface area (Å²) in [4.78, 5) is 24.0. The first kappa shape index (κ1) is 20.1. The first-order chi connectivity index (χ1) is 13.5. The van der Waals surface area contributed by atoms with Crippen LogP contribution < -0.4 is 9.47 Å². The summed E-state index contributed by atoms with van der Waals surface area (Å²) < 4.78 is 24.6. The fraction of sp³-hybridized carbons (Fsp3) is 0.391. The number of esters is 2. The average molecular weight is 384 g/mol. The number of hydrogen-bond acceptors (Lipinski definition) is 4. The number of carbonyl (C=O) groups is 2. The molecule has 148 valence electrons. The van der Waals surface area contributed by atoms with Gasteiger partial charge in [0.1, 0.15) is 5.75 Å². The van der Waals surface area contributed by atoms with Crippen LogP contribution in [-0.2, 0) is 28.9 Å². The second-order valence-corrected chi connectivity index (χ2v) is 7.16. The summed E-state index contributed by atoms with van der Waals surface area (Å²) in [5.74, 6) is -0.790. The third kappa shape index (κ3) is 4.77. The molecule has 0 N–H and O–H groups in total. The van der Waals surface area contributed by atoms with Crippen molar-refractivity contribution in [3.63, 3.8) is 0 Å². The lowest BCUT2D eigenvalue weighted by molar-refractivity contribution is -0.140. The van der Waals surface area contributed by atoms with Gasteiger partial charge in [-0.2, -0.15) is 0 Å². The Morgan fingerprint density at radius 1 is 1.14 bits per heavy atom. The van der Waals surface area contributed by atoms with Crippen LogP contribution >= 0.6 is 0 Å². The monoisotopic (exact) mass is 384 g/mol. The lowest BCUT2D eigenvalue weighted by Crippen LogP contribution is -2.27. The Bertz CT molecular complexity index is 875. The van der Waals surface area contributed by atoms with Crippen LogP contribution in [0.3, 0.4) is 0 Å². The van der Waals surface area contributed by atoms with Crippen LogP contribution in [0.25, 0.3) is 0 Å². The van der Waals surface area contributed by atoms with Crippen LogP contribution in [0.15, 0.2) is 36.4 Å². The van der Waals surface area contributed by atoms with Crippen molar-refractivity contribution in [2.45, 2.75) is 52.4 Å². The van der Waals surface area contributed by atoms with Crippen molar-refractivity contribution in [1.29, 1.82) is 0 Å². The van der Waals surface area contributed by atoms with Gasteiger partial charge in [0.25, 0.3) is 0 Å². The summed E-state index contributed by atoms with van der Waals surface area (Å²) in [5.41, 5.74) is 2.76. The van der Waals surface area contributed by atoms with Crippen molar-refractivity contribution < 1.29 is 23.5 Å². The van der Waals surface area contributed by atoms with Crippen molar-refractivity contribution in [3.05, 3.63) is 58.9 Å². The topological polar surface area (TPSA) is 52.6 Å². The highest BCUT2D eigenvalue weighted by atomic mass is 19.1. The van der Waals surface area contributed by atoms with Gasteiger partial charge in [-0.3, -0.25) is 9.59 Å². The zero-order valence-corrected chi connectivity index (χ0v) is 16.3. The molecule has 28 heavy (non-hydrogen) atoms. The minimum atomic E-state index is -0.523. The Balaban J connectivity index is 1.58. The van der Waals surface area contributed by atoms with E-state index in [4.69, 9.17) is 9.47 Å². The van der Waals surface area contributed by atoms with E-state index in [1.165, 1.54) is 12.1 Å². The number of rotatable bonds is 7. The fourth-order valence-corrected chi connectivity index (χ4v) is 3.36. The van der Waals surface area contributed by atoms with E-state index in [1.54, 1.807) is 12.1 Å². The number of hydrogen-bond donors (Lipinski definition) is 0. The normalized spacial score (nSPS) is 15.7. The number of fused-ring (bicyclic) bond motifs is 1. The molecule has 1 aliphatic heterocycles. The molecule has 5 heteroatoms. The minimum Gasteiger partial charge on any atom is -0.426 e. The largest absolute Gasteiger partial charge is 0.426 e. The van der Waals surface area contributed by atoms with Crippen LogP contribution in [0, 0.1) is 11.7 Å². The lowest BCUT2D eigenvalue weighted by atomic mass is 9.93. The fourth-order valence-electron chi connectivity index (χ4n) is 3.36. The molecule has 1 atom stereocenters. The second kappa shape index (κ2) is 9.00. The smallest absolute Gasteiger partial charge is 0.314 e. The molecule has 0 saturated heterocycles. The quantitative estimate of drug-likeness (QED) is 0.508. The highest BCUT2D eigenvalue weighted by Gasteiger charge is 2.27. The highest BCUT2D eigenvalue weighted by Crippen LogP contribution is 2.30. The van der Waals surface area contributed by atoms with Gasteiger partial charge in [-0.25, -0.2) is 4.39 Å². The third-order valence-corrected chi connectivity index (χ3v) is 5.01. The van der Waals surface area contributed by atoms with E-state index in [9.17, 15) is 14.0 Å². The third-order valence-electron chi connectivity index (χ3n) is 5.01. The summed E-state index contributed by atoms with van der Waals surface area (Å²) in [6.45, 7) is 3.99. The van der Waals surface area contributed by atoms with Crippen LogP contribution in [0.5, 0.6) is 11.5 Å². The van der Waals surface area contributed by atoms with Gasteiger partial charge >= 0.3 is 11.9 Å². The molecular formula is C23H25FO4. The maximum Gasteiger partial charge on any atom is 0.314 e. The lowest BCUT2D eigenvalue weighted by Gasteiger charge is -2.22. The first-order valence-corrected chi connectivity index (χ1v) is 9.82. The summed E-state index contributed by atoms with van der Waals surface area (Å²) >= 11 is 0. The summed E-state index contributed by atoms with van der Waals surface area (Å²) in [6.07, 6.45) is 3.68. The van der Waals surface area contributed by atoms with Gasteiger partial charge in [-0.05, 0) is 60.6 Å². The zero-order valence-electron chi connectivity index (χ0n) is 16.3. The van der Waals surface area contributed by atoms with Crippen LogP contribution in [0.2, 0.25) is 0 Å². The Labute approximate surface area is 164 Å². The van der Waals surface area contributed by atoms with Gasteiger partial charge in [0.2, 0.25) is 0 Å². The summed E-state index contributed by atoms with van der Waals surface area (Å²) in [5, 5.41) is 0. The van der Waals surface area contributed by atoms with E-state index in [0.29, 0.717) is 18.6 Å². The maximum absolute atomic E-state index is 14.1. The average Bonchev–Trinajstić information content (AvgIpc) is 2.68. The number of halogens is 1. The van der Waals surface area contributed by atoms with Crippen molar-refractivity contribution in [2.75, 3.05) is 0 Å². The van der Waals surface area contributed by atoms with E-state index in [1.807, 2.05) is 26.0 Å². The highest BCUT2D eigenvalue weighted by molar-refractivity contribution is 5.78. The van der Waals surface area contributed by atoms with E-state index in [2.05, 4.69) is 0 Å². The molecule has 0 fully saturated rings. The molecule has 0 saturated carbocycles. The molecule has 0 amide bonds. The molecular weight excluding hydrogens is 359 g/mol. The molecule has 4 nitrogen and oxygen atoms in total. The molecule has 2 aromatic carbocycles. The Morgan fingerprint density at radius 3 is 2.61 bits per heavy atom. The van der Waals surface area contributed by atoms with Crippen molar-refractivity contribution in [3.8, 4) is 11.5 Å². The SMILES string of the molecule is CCCc1ccc(OC(=O)CCc2ccc3c(c2)OC(=O)C(CC)C3)c(F)c1. The molecule has 1 aliphatic rings. The first-order valence-electron chi connectivity index (χ1n) is 9.82. The number of benzene rings is 2. The molecule has 0 radical (unpaired) electrons. The second-order valence-electron chi connectivity index (χ2n) is 7.16. The number of carbonyl (C=O) groups excluding carboxylic acids is 2. The van der Waals surface area contributed by atoms with Gasteiger partial charge < -0.3 is 9.47 Å². The molecule has 2 aromatic rings. The van der Waals surface area contributed by atoms with Crippen LogP contribution in [0.4, 0.5) is 4.39 Å².